The second-order valence-electron chi connectivity index (χ2n) is 5.30. The molecule has 0 aliphatic carbocycles. The molecular weight excluding hydrogens is 264 g/mol. The molecule has 2 heterocycles. The molecule has 112 valence electrons. The van der Waals surface area contributed by atoms with Gasteiger partial charge in [0.1, 0.15) is 0 Å². The number of carboxylic acids is 1. The van der Waals surface area contributed by atoms with E-state index in [1.54, 1.807) is 0 Å². The number of amides is 2. The van der Waals surface area contributed by atoms with E-state index in [0.29, 0.717) is 13.2 Å². The highest BCUT2D eigenvalue weighted by Gasteiger charge is 2.46. The fraction of sp³-hybridized carbons (Fsp3) is 0.769. The van der Waals surface area contributed by atoms with Gasteiger partial charge in [-0.15, -0.1) is 0 Å². The predicted molar refractivity (Wildman–Crippen MR) is 68.9 cm³/mol. The van der Waals surface area contributed by atoms with Crippen molar-refractivity contribution in [1.29, 1.82) is 0 Å². The van der Waals surface area contributed by atoms with Gasteiger partial charge in [-0.05, 0) is 13.0 Å². The summed E-state index contributed by atoms with van der Waals surface area (Å²) in [7, 11) is 1.47. The first kappa shape index (κ1) is 14.9. The van der Waals surface area contributed by atoms with E-state index in [9.17, 15) is 19.5 Å². The van der Waals surface area contributed by atoms with Gasteiger partial charge in [-0.2, -0.15) is 0 Å². The summed E-state index contributed by atoms with van der Waals surface area (Å²) >= 11 is 0. The maximum absolute atomic E-state index is 12.1. The van der Waals surface area contributed by atoms with Gasteiger partial charge in [0.15, 0.2) is 0 Å². The molecule has 0 aromatic carbocycles. The highest BCUT2D eigenvalue weighted by Crippen LogP contribution is 2.27. The third-order valence-electron chi connectivity index (χ3n) is 4.03. The largest absolute Gasteiger partial charge is 0.481 e. The van der Waals surface area contributed by atoms with Crippen LogP contribution in [0.1, 0.15) is 19.8 Å². The van der Waals surface area contributed by atoms with Crippen LogP contribution in [0.3, 0.4) is 0 Å². The minimum atomic E-state index is -0.918. The molecule has 2 rings (SSSR count). The summed E-state index contributed by atoms with van der Waals surface area (Å²) in [5.74, 6) is -2.03. The quantitative estimate of drug-likeness (QED) is 0.688. The summed E-state index contributed by atoms with van der Waals surface area (Å²) in [5.41, 5.74) is 0. The first-order chi connectivity index (χ1) is 9.47. The zero-order valence-electron chi connectivity index (χ0n) is 11.7. The van der Waals surface area contributed by atoms with Crippen LogP contribution in [-0.2, 0) is 19.1 Å². The van der Waals surface area contributed by atoms with Crippen LogP contribution in [0.25, 0.3) is 0 Å². The molecule has 20 heavy (non-hydrogen) atoms. The molecule has 7 heteroatoms. The Morgan fingerprint density at radius 3 is 2.65 bits per heavy atom. The average molecular weight is 284 g/mol. The van der Waals surface area contributed by atoms with Gasteiger partial charge in [-0.3, -0.25) is 24.2 Å². The average Bonchev–Trinajstić information content (AvgIpc) is 2.97. The monoisotopic (exact) mass is 284 g/mol. The molecule has 3 atom stereocenters. The van der Waals surface area contributed by atoms with Crippen LogP contribution >= 0.6 is 0 Å². The third kappa shape index (κ3) is 2.55. The molecule has 2 aliphatic rings. The number of rotatable bonds is 5. The first-order valence-corrected chi connectivity index (χ1v) is 6.84. The van der Waals surface area contributed by atoms with E-state index in [-0.39, 0.29) is 30.9 Å². The second-order valence-corrected chi connectivity index (χ2v) is 5.30. The lowest BCUT2D eigenvalue weighted by atomic mass is 9.99. The number of nitrogens with zero attached hydrogens (tertiary/aromatic N) is 2. The first-order valence-electron chi connectivity index (χ1n) is 6.84. The Balaban J connectivity index is 2.21. The number of aliphatic carboxylic acids is 1. The molecule has 2 amide bonds. The van der Waals surface area contributed by atoms with Crippen molar-refractivity contribution in [3.8, 4) is 0 Å². The van der Waals surface area contributed by atoms with Crippen LogP contribution in [0.4, 0.5) is 0 Å². The summed E-state index contributed by atoms with van der Waals surface area (Å²) in [6, 6.07) is -0.901. The molecule has 2 saturated heterocycles. The number of likely N-dealkylation sites (tertiary alicyclic amines) is 1. The summed E-state index contributed by atoms with van der Waals surface area (Å²) in [6.45, 7) is 2.99. The van der Waals surface area contributed by atoms with E-state index < -0.39 is 17.9 Å². The summed E-state index contributed by atoms with van der Waals surface area (Å²) in [4.78, 5) is 38.0. The highest BCUT2D eigenvalue weighted by atomic mass is 16.5. The third-order valence-corrected chi connectivity index (χ3v) is 4.03. The zero-order valence-corrected chi connectivity index (χ0v) is 11.7. The number of carbonyl (C=O) groups is 3. The van der Waals surface area contributed by atoms with E-state index in [0.717, 1.165) is 11.3 Å². The lowest BCUT2D eigenvalue weighted by molar-refractivity contribution is -0.145. The number of hydrogen-bond acceptors (Lipinski definition) is 5. The standard InChI is InChI=1S/C13H20N2O5/c1-3-4-15(9-5-11(16)14(2)12(9)17)10-7-20-6-8(10)13(18)19/h8-10H,3-7H2,1-2H3,(H,18,19). The Labute approximate surface area is 117 Å². The topological polar surface area (TPSA) is 87.2 Å². The predicted octanol–water partition coefficient (Wildman–Crippen LogP) is -0.445. The van der Waals surface area contributed by atoms with Crippen molar-refractivity contribution in [2.45, 2.75) is 31.8 Å². The van der Waals surface area contributed by atoms with Crippen LogP contribution in [0.2, 0.25) is 0 Å². The summed E-state index contributed by atoms with van der Waals surface area (Å²) in [5, 5.41) is 9.24. The minimum absolute atomic E-state index is 0.123. The van der Waals surface area contributed by atoms with Gasteiger partial charge in [0.25, 0.3) is 0 Å². The number of carboxylic acid groups (broad SMARTS) is 1. The molecule has 1 N–H and O–H groups in total. The molecule has 2 fully saturated rings. The van der Waals surface area contributed by atoms with Crippen LogP contribution in [0.5, 0.6) is 0 Å². The van der Waals surface area contributed by atoms with Crippen LogP contribution in [0.15, 0.2) is 0 Å². The number of likely N-dealkylation sites (N-methyl/N-ethyl adjacent to an activating group) is 1. The van der Waals surface area contributed by atoms with E-state index in [1.165, 1.54) is 7.05 Å². The van der Waals surface area contributed by atoms with Crippen molar-refractivity contribution in [3.63, 3.8) is 0 Å². The van der Waals surface area contributed by atoms with E-state index >= 15 is 0 Å². The van der Waals surface area contributed by atoms with Gasteiger partial charge >= 0.3 is 5.97 Å². The maximum atomic E-state index is 12.1. The van der Waals surface area contributed by atoms with Gasteiger partial charge < -0.3 is 9.84 Å². The Morgan fingerprint density at radius 2 is 2.15 bits per heavy atom. The molecule has 0 radical (unpaired) electrons. The van der Waals surface area contributed by atoms with E-state index in [1.807, 2.05) is 11.8 Å². The molecule has 0 spiro atoms. The Morgan fingerprint density at radius 1 is 1.45 bits per heavy atom. The molecular formula is C13H20N2O5. The van der Waals surface area contributed by atoms with E-state index in [2.05, 4.69) is 0 Å². The van der Waals surface area contributed by atoms with Crippen molar-refractivity contribution >= 4 is 17.8 Å². The van der Waals surface area contributed by atoms with Gasteiger partial charge in [-0.25, -0.2) is 0 Å². The van der Waals surface area contributed by atoms with Crippen molar-refractivity contribution in [2.75, 3.05) is 26.8 Å². The van der Waals surface area contributed by atoms with Gasteiger partial charge in [0, 0.05) is 13.1 Å². The number of hydrogen-bond donors (Lipinski definition) is 1. The summed E-state index contributed by atoms with van der Waals surface area (Å²) in [6.07, 6.45) is 0.905. The second kappa shape index (κ2) is 5.88. The van der Waals surface area contributed by atoms with Crippen molar-refractivity contribution in [1.82, 2.24) is 9.80 Å². The van der Waals surface area contributed by atoms with Crippen LogP contribution in [-0.4, -0.2) is 71.6 Å². The van der Waals surface area contributed by atoms with Gasteiger partial charge in [0.05, 0.1) is 31.6 Å². The van der Waals surface area contributed by atoms with Crippen molar-refractivity contribution in [2.24, 2.45) is 5.92 Å². The highest BCUT2D eigenvalue weighted by molar-refractivity contribution is 6.05. The fourth-order valence-corrected chi connectivity index (χ4v) is 2.91. The number of imide groups is 1. The van der Waals surface area contributed by atoms with Crippen molar-refractivity contribution in [3.05, 3.63) is 0 Å². The van der Waals surface area contributed by atoms with Crippen LogP contribution < -0.4 is 0 Å². The SMILES string of the molecule is CCCN(C1CC(=O)N(C)C1=O)C1COCC1C(=O)O. The molecule has 0 aromatic rings. The fourth-order valence-electron chi connectivity index (χ4n) is 2.91. The normalized spacial score (nSPS) is 30.6. The Kier molecular flexibility index (Phi) is 4.39. The summed E-state index contributed by atoms with van der Waals surface area (Å²) < 4.78 is 5.27. The number of carbonyl (C=O) groups excluding carboxylic acids is 2. The molecule has 0 bridgehead atoms. The Bertz CT molecular complexity index is 425. The smallest absolute Gasteiger partial charge is 0.310 e. The Hall–Kier alpha value is -1.47. The minimum Gasteiger partial charge on any atom is -0.481 e. The van der Waals surface area contributed by atoms with E-state index in [4.69, 9.17) is 4.74 Å². The molecule has 0 aromatic heterocycles. The molecule has 7 nitrogen and oxygen atoms in total. The lowest BCUT2D eigenvalue weighted by Gasteiger charge is -2.33. The molecule has 3 unspecified atom stereocenters. The zero-order chi connectivity index (χ0) is 14.9. The molecule has 0 saturated carbocycles. The lowest BCUT2D eigenvalue weighted by Crippen LogP contribution is -2.51. The van der Waals surface area contributed by atoms with Crippen LogP contribution in [0, 0.1) is 5.92 Å². The van der Waals surface area contributed by atoms with Gasteiger partial charge in [-0.1, -0.05) is 6.92 Å². The van der Waals surface area contributed by atoms with Gasteiger partial charge in [0.2, 0.25) is 11.8 Å². The number of ether oxygens (including phenoxy) is 1. The van der Waals surface area contributed by atoms with Crippen molar-refractivity contribution < 1.29 is 24.2 Å². The maximum Gasteiger partial charge on any atom is 0.310 e. The molecule has 2 aliphatic heterocycles.